The summed E-state index contributed by atoms with van der Waals surface area (Å²) in [6.45, 7) is 0.102. The molecule has 1 aromatic heterocycles. The maximum Gasteiger partial charge on any atom is 0.312 e. The normalized spacial score (nSPS) is 12.9. The molecule has 2 aromatic rings. The zero-order valence-electron chi connectivity index (χ0n) is 7.88. The molecule has 0 aliphatic heterocycles. The van der Waals surface area contributed by atoms with E-state index < -0.39 is 11.9 Å². The molecule has 1 heterocycles. The Morgan fingerprint density at radius 1 is 1.60 bits per heavy atom. The number of rotatable bonds is 3. The molecule has 5 heteroatoms. The second-order valence-corrected chi connectivity index (χ2v) is 4.09. The largest absolute Gasteiger partial charge is 0.481 e. The van der Waals surface area contributed by atoms with Gasteiger partial charge in [-0.3, -0.25) is 4.79 Å². The summed E-state index contributed by atoms with van der Waals surface area (Å²) in [4.78, 5) is 15.0. The number of thiazole rings is 1. The molecular weight excluding hydrogens is 212 g/mol. The Hall–Kier alpha value is -1.46. The van der Waals surface area contributed by atoms with Crippen molar-refractivity contribution >= 4 is 27.5 Å². The van der Waals surface area contributed by atoms with Crippen molar-refractivity contribution in [3.63, 3.8) is 0 Å². The molecule has 0 spiro atoms. The first kappa shape index (κ1) is 10.1. The van der Waals surface area contributed by atoms with Gasteiger partial charge in [0.25, 0.3) is 0 Å². The summed E-state index contributed by atoms with van der Waals surface area (Å²) in [6.07, 6.45) is 0. The van der Waals surface area contributed by atoms with Crippen LogP contribution in [0.4, 0.5) is 0 Å². The lowest BCUT2D eigenvalue weighted by atomic mass is 9.99. The van der Waals surface area contributed by atoms with Gasteiger partial charge in [-0.25, -0.2) is 4.98 Å². The van der Waals surface area contributed by atoms with E-state index in [0.29, 0.717) is 5.56 Å². The maximum atomic E-state index is 10.9. The molecule has 0 aliphatic carbocycles. The van der Waals surface area contributed by atoms with Crippen molar-refractivity contribution in [2.24, 2.45) is 5.73 Å². The SMILES string of the molecule is NCC(C(=O)O)c1ccc2scnc2c1. The standard InChI is InChI=1S/C10H10N2O2S/c11-4-7(10(13)14)6-1-2-9-8(3-6)12-5-15-9/h1-3,5,7H,4,11H2,(H,13,14). The van der Waals surface area contributed by atoms with Crippen LogP contribution >= 0.6 is 11.3 Å². The van der Waals surface area contributed by atoms with E-state index in [2.05, 4.69) is 4.98 Å². The van der Waals surface area contributed by atoms with Gasteiger partial charge in [0, 0.05) is 6.54 Å². The molecule has 0 bridgehead atoms. The fraction of sp³-hybridized carbons (Fsp3) is 0.200. The summed E-state index contributed by atoms with van der Waals surface area (Å²) in [6, 6.07) is 5.47. The zero-order valence-corrected chi connectivity index (χ0v) is 8.70. The highest BCUT2D eigenvalue weighted by Gasteiger charge is 2.18. The van der Waals surface area contributed by atoms with E-state index in [1.54, 1.807) is 17.6 Å². The van der Waals surface area contributed by atoms with E-state index >= 15 is 0 Å². The van der Waals surface area contributed by atoms with Crippen LogP contribution in [0.15, 0.2) is 23.7 Å². The van der Waals surface area contributed by atoms with Gasteiger partial charge >= 0.3 is 5.97 Å². The van der Waals surface area contributed by atoms with Gasteiger partial charge in [0.15, 0.2) is 0 Å². The summed E-state index contributed by atoms with van der Waals surface area (Å²) in [5.74, 6) is -1.54. The van der Waals surface area contributed by atoms with Gasteiger partial charge in [0.2, 0.25) is 0 Å². The van der Waals surface area contributed by atoms with Crippen molar-refractivity contribution in [3.8, 4) is 0 Å². The topological polar surface area (TPSA) is 76.2 Å². The number of nitrogens with zero attached hydrogens (tertiary/aromatic N) is 1. The Morgan fingerprint density at radius 2 is 2.40 bits per heavy atom. The van der Waals surface area contributed by atoms with Gasteiger partial charge in [-0.15, -0.1) is 11.3 Å². The summed E-state index contributed by atoms with van der Waals surface area (Å²) in [7, 11) is 0. The Balaban J connectivity index is 2.46. The molecule has 0 radical (unpaired) electrons. The van der Waals surface area contributed by atoms with Gasteiger partial charge in [0.1, 0.15) is 0 Å². The second-order valence-electron chi connectivity index (χ2n) is 3.21. The lowest BCUT2D eigenvalue weighted by Crippen LogP contribution is -2.20. The number of carboxylic acids is 1. The average molecular weight is 222 g/mol. The first-order valence-electron chi connectivity index (χ1n) is 4.48. The van der Waals surface area contributed by atoms with Crippen molar-refractivity contribution in [3.05, 3.63) is 29.3 Å². The molecule has 1 atom stereocenters. The smallest absolute Gasteiger partial charge is 0.312 e. The van der Waals surface area contributed by atoms with Gasteiger partial charge in [-0.2, -0.15) is 0 Å². The van der Waals surface area contributed by atoms with Crippen LogP contribution in [0, 0.1) is 0 Å². The molecule has 0 fully saturated rings. The third kappa shape index (κ3) is 1.84. The highest BCUT2D eigenvalue weighted by atomic mass is 32.1. The fourth-order valence-electron chi connectivity index (χ4n) is 1.47. The lowest BCUT2D eigenvalue weighted by Gasteiger charge is -2.09. The first-order chi connectivity index (χ1) is 7.22. The summed E-state index contributed by atoms with van der Waals surface area (Å²) in [5.41, 5.74) is 8.71. The molecule has 0 saturated carbocycles. The molecule has 78 valence electrons. The third-order valence-corrected chi connectivity index (χ3v) is 3.10. The van der Waals surface area contributed by atoms with Crippen LogP contribution in [0.3, 0.4) is 0 Å². The van der Waals surface area contributed by atoms with E-state index in [1.807, 2.05) is 6.07 Å². The number of carboxylic acid groups (broad SMARTS) is 1. The number of aliphatic carboxylic acids is 1. The van der Waals surface area contributed by atoms with Crippen LogP contribution < -0.4 is 5.73 Å². The van der Waals surface area contributed by atoms with Crippen LogP contribution in [-0.4, -0.2) is 22.6 Å². The van der Waals surface area contributed by atoms with Gasteiger partial charge < -0.3 is 10.8 Å². The van der Waals surface area contributed by atoms with Gasteiger partial charge in [-0.05, 0) is 17.7 Å². The summed E-state index contributed by atoms with van der Waals surface area (Å²) in [5, 5.41) is 8.95. The Morgan fingerprint density at radius 3 is 3.07 bits per heavy atom. The van der Waals surface area contributed by atoms with Crippen LogP contribution in [0.25, 0.3) is 10.2 Å². The van der Waals surface area contributed by atoms with Crippen LogP contribution in [-0.2, 0) is 4.79 Å². The third-order valence-electron chi connectivity index (χ3n) is 2.29. The number of benzene rings is 1. The summed E-state index contributed by atoms with van der Waals surface area (Å²) >= 11 is 1.53. The van der Waals surface area contributed by atoms with E-state index in [0.717, 1.165) is 10.2 Å². The monoisotopic (exact) mass is 222 g/mol. The Kier molecular flexibility index (Phi) is 2.66. The van der Waals surface area contributed by atoms with Crippen molar-refractivity contribution in [2.45, 2.75) is 5.92 Å². The lowest BCUT2D eigenvalue weighted by molar-refractivity contribution is -0.138. The van der Waals surface area contributed by atoms with E-state index in [9.17, 15) is 4.79 Å². The summed E-state index contributed by atoms with van der Waals surface area (Å²) < 4.78 is 1.06. The predicted molar refractivity (Wildman–Crippen MR) is 59.1 cm³/mol. The fourth-order valence-corrected chi connectivity index (χ4v) is 2.13. The Labute approximate surface area is 90.4 Å². The number of aromatic nitrogens is 1. The van der Waals surface area contributed by atoms with Crippen LogP contribution in [0.2, 0.25) is 0 Å². The number of nitrogens with two attached hydrogens (primary N) is 1. The molecule has 15 heavy (non-hydrogen) atoms. The van der Waals surface area contributed by atoms with Crippen LogP contribution in [0.1, 0.15) is 11.5 Å². The quantitative estimate of drug-likeness (QED) is 0.823. The number of hydrogen-bond acceptors (Lipinski definition) is 4. The highest BCUT2D eigenvalue weighted by Crippen LogP contribution is 2.23. The number of hydrogen-bond donors (Lipinski definition) is 2. The van der Waals surface area contributed by atoms with Gasteiger partial charge in [-0.1, -0.05) is 6.07 Å². The number of carbonyl (C=O) groups is 1. The van der Waals surface area contributed by atoms with Gasteiger partial charge in [0.05, 0.1) is 21.6 Å². The minimum absolute atomic E-state index is 0.102. The van der Waals surface area contributed by atoms with Crippen molar-refractivity contribution < 1.29 is 9.90 Å². The molecular formula is C10H10N2O2S. The number of fused-ring (bicyclic) bond motifs is 1. The molecule has 1 aromatic carbocycles. The second kappa shape index (κ2) is 3.96. The van der Waals surface area contributed by atoms with Crippen molar-refractivity contribution in [1.29, 1.82) is 0 Å². The maximum absolute atomic E-state index is 10.9. The minimum Gasteiger partial charge on any atom is -0.481 e. The van der Waals surface area contributed by atoms with Crippen molar-refractivity contribution in [2.75, 3.05) is 6.54 Å². The molecule has 4 nitrogen and oxygen atoms in total. The predicted octanol–water partition coefficient (Wildman–Crippen LogP) is 1.42. The minimum atomic E-state index is -0.896. The van der Waals surface area contributed by atoms with E-state index in [4.69, 9.17) is 10.8 Å². The molecule has 0 saturated heterocycles. The zero-order chi connectivity index (χ0) is 10.8. The van der Waals surface area contributed by atoms with Crippen LogP contribution in [0.5, 0.6) is 0 Å². The Bertz CT molecular complexity index is 495. The molecule has 2 rings (SSSR count). The van der Waals surface area contributed by atoms with E-state index in [-0.39, 0.29) is 6.54 Å². The van der Waals surface area contributed by atoms with E-state index in [1.165, 1.54) is 11.3 Å². The first-order valence-corrected chi connectivity index (χ1v) is 5.36. The van der Waals surface area contributed by atoms with Crippen molar-refractivity contribution in [1.82, 2.24) is 4.98 Å². The molecule has 3 N–H and O–H groups in total. The molecule has 1 unspecified atom stereocenters. The highest BCUT2D eigenvalue weighted by molar-refractivity contribution is 7.16. The molecule has 0 amide bonds. The molecule has 0 aliphatic rings. The average Bonchev–Trinajstić information content (AvgIpc) is 2.65.